The summed E-state index contributed by atoms with van der Waals surface area (Å²) >= 11 is 0. The summed E-state index contributed by atoms with van der Waals surface area (Å²) in [7, 11) is 0. The van der Waals surface area contributed by atoms with Gasteiger partial charge in [0.1, 0.15) is 11.3 Å². The largest absolute Gasteiger partial charge is 0.481 e. The lowest BCUT2D eigenvalue weighted by Crippen LogP contribution is -2.44. The maximum Gasteiger partial charge on any atom is 0.351 e. The molecule has 0 radical (unpaired) electrons. The molecule has 3 aliphatic carbocycles. The molecule has 2 aromatic rings. The van der Waals surface area contributed by atoms with Crippen molar-refractivity contribution in [3.05, 3.63) is 16.3 Å². The summed E-state index contributed by atoms with van der Waals surface area (Å²) in [5, 5.41) is 22.0. The van der Waals surface area contributed by atoms with Gasteiger partial charge in [0.15, 0.2) is 11.5 Å². The number of fused-ring (bicyclic) bond motifs is 4. The average Bonchev–Trinajstić information content (AvgIpc) is 3.26. The molecule has 3 fully saturated rings. The number of imidazole rings is 1. The number of carboxylic acids is 1. The maximum atomic E-state index is 12.8. The van der Waals surface area contributed by atoms with E-state index >= 15 is 0 Å². The number of hydrogen-bond acceptors (Lipinski definition) is 6. The Labute approximate surface area is 187 Å². The van der Waals surface area contributed by atoms with Crippen molar-refractivity contribution in [3.63, 3.8) is 0 Å². The van der Waals surface area contributed by atoms with E-state index in [4.69, 9.17) is 10.1 Å². The molecule has 2 heterocycles. The minimum absolute atomic E-state index is 0.0406. The molecule has 0 aromatic carbocycles. The number of anilines is 1. The van der Waals surface area contributed by atoms with E-state index in [1.165, 1.54) is 0 Å². The monoisotopic (exact) mass is 445 g/mol. The van der Waals surface area contributed by atoms with E-state index in [2.05, 4.69) is 15.3 Å². The van der Waals surface area contributed by atoms with Crippen molar-refractivity contribution in [2.45, 2.75) is 96.1 Å². The van der Waals surface area contributed by atoms with E-state index in [1.807, 2.05) is 13.8 Å². The Hall–Kier alpha value is -2.42. The number of aliphatic hydroxyl groups excluding tert-OH is 1. The van der Waals surface area contributed by atoms with Gasteiger partial charge in [0, 0.05) is 18.4 Å². The van der Waals surface area contributed by atoms with Crippen LogP contribution in [0.3, 0.4) is 0 Å². The Balaban J connectivity index is 1.69. The zero-order valence-corrected chi connectivity index (χ0v) is 19.1. The molecule has 3 saturated carbocycles. The van der Waals surface area contributed by atoms with E-state index in [0.717, 1.165) is 62.7 Å². The van der Waals surface area contributed by atoms with Crippen molar-refractivity contribution >= 4 is 23.0 Å². The number of aliphatic carboxylic acids is 1. The highest BCUT2D eigenvalue weighted by molar-refractivity contribution is 5.83. The van der Waals surface area contributed by atoms with E-state index in [9.17, 15) is 14.7 Å². The Kier molecular flexibility index (Phi) is 6.29. The first-order valence-corrected chi connectivity index (χ1v) is 12.0. The summed E-state index contributed by atoms with van der Waals surface area (Å²) in [5.74, 6) is 0.654. The molecule has 0 amide bonds. The van der Waals surface area contributed by atoms with Crippen molar-refractivity contribution in [3.8, 4) is 0 Å². The van der Waals surface area contributed by atoms with Gasteiger partial charge in [-0.3, -0.25) is 9.36 Å². The van der Waals surface area contributed by atoms with Crippen LogP contribution in [0.4, 0.5) is 5.82 Å². The summed E-state index contributed by atoms with van der Waals surface area (Å²) in [5.41, 5.74) is 1.11. The number of aryl methyl sites for hydroxylation is 1. The summed E-state index contributed by atoms with van der Waals surface area (Å²) in [6, 6.07) is -0.184. The molecular weight excluding hydrogens is 410 g/mol. The Morgan fingerprint density at radius 1 is 1.19 bits per heavy atom. The van der Waals surface area contributed by atoms with E-state index in [0.29, 0.717) is 24.4 Å². The zero-order valence-electron chi connectivity index (χ0n) is 19.1. The molecule has 4 N–H and O–H groups in total. The number of carbonyl (C=O) groups is 1. The van der Waals surface area contributed by atoms with Crippen molar-refractivity contribution in [2.75, 3.05) is 11.9 Å². The van der Waals surface area contributed by atoms with Crippen molar-refractivity contribution in [1.82, 2.24) is 19.5 Å². The van der Waals surface area contributed by atoms with Gasteiger partial charge in [-0.1, -0.05) is 13.8 Å². The molecule has 9 nitrogen and oxygen atoms in total. The fraction of sp³-hybridized carbons (Fsp3) is 0.739. The first-order valence-electron chi connectivity index (χ1n) is 12.0. The number of rotatable bonds is 10. The lowest BCUT2D eigenvalue weighted by molar-refractivity contribution is -0.138. The molecule has 9 heteroatoms. The van der Waals surface area contributed by atoms with Gasteiger partial charge in [-0.2, -0.15) is 4.98 Å². The van der Waals surface area contributed by atoms with Crippen LogP contribution in [0.2, 0.25) is 0 Å². The zero-order chi connectivity index (χ0) is 22.9. The Bertz CT molecular complexity index is 1010. The second kappa shape index (κ2) is 8.84. The SMILES string of the molecule is CCCn1c(=O)nc(NC(CC)CO)c2[nH]c(C34CCC(CCC(=O)O)(CC3)CC4)nc21. The number of aliphatic hydroxyl groups is 1. The Morgan fingerprint density at radius 2 is 1.88 bits per heavy atom. The van der Waals surface area contributed by atoms with Gasteiger partial charge in [0.25, 0.3) is 0 Å². The van der Waals surface area contributed by atoms with Gasteiger partial charge >= 0.3 is 11.7 Å². The van der Waals surface area contributed by atoms with Crippen LogP contribution in [0.1, 0.15) is 83.9 Å². The molecule has 0 spiro atoms. The number of nitrogens with one attached hydrogen (secondary N) is 2. The minimum atomic E-state index is -0.714. The molecule has 1 unspecified atom stereocenters. The first-order chi connectivity index (χ1) is 15.3. The fourth-order valence-corrected chi connectivity index (χ4v) is 5.64. The summed E-state index contributed by atoms with van der Waals surface area (Å²) < 4.78 is 1.64. The number of carboxylic acid groups (broad SMARTS) is 1. The predicted octanol–water partition coefficient (Wildman–Crippen LogP) is 3.17. The number of aromatic amines is 1. The van der Waals surface area contributed by atoms with E-state index in [-0.39, 0.29) is 35.6 Å². The lowest BCUT2D eigenvalue weighted by atomic mass is 9.52. The molecule has 32 heavy (non-hydrogen) atoms. The molecule has 1 atom stereocenters. The lowest BCUT2D eigenvalue weighted by Gasteiger charge is -2.52. The number of aromatic nitrogens is 4. The van der Waals surface area contributed by atoms with Crippen LogP contribution in [-0.2, 0) is 16.8 Å². The van der Waals surface area contributed by atoms with E-state index in [1.54, 1.807) is 4.57 Å². The molecule has 2 aromatic heterocycles. The predicted molar refractivity (Wildman–Crippen MR) is 122 cm³/mol. The van der Waals surface area contributed by atoms with Gasteiger partial charge in [-0.15, -0.1) is 0 Å². The first kappa shape index (κ1) is 22.8. The van der Waals surface area contributed by atoms with Gasteiger partial charge in [0.05, 0.1) is 12.6 Å². The van der Waals surface area contributed by atoms with Crippen LogP contribution < -0.4 is 11.0 Å². The van der Waals surface area contributed by atoms with Gasteiger partial charge in [-0.05, 0) is 63.2 Å². The van der Waals surface area contributed by atoms with Gasteiger partial charge < -0.3 is 20.5 Å². The standard InChI is InChI=1S/C23H35N5O4/c1-3-13-28-19-17(18(26-21(28)32)24-15(4-2)14-29)25-20(27-19)23-10-7-22(8-11-23,9-12-23)6-5-16(30)31/h15,29H,3-14H2,1-2H3,(H,25,27)(H,30,31)(H,24,26,32). The maximum absolute atomic E-state index is 12.8. The number of nitrogens with zero attached hydrogens (tertiary/aromatic N) is 3. The van der Waals surface area contributed by atoms with Crippen molar-refractivity contribution in [1.29, 1.82) is 0 Å². The summed E-state index contributed by atoms with van der Waals surface area (Å²) in [4.78, 5) is 36.6. The molecule has 5 rings (SSSR count). The normalized spacial score (nSPS) is 25.8. The molecular formula is C23H35N5O4. The summed E-state index contributed by atoms with van der Waals surface area (Å²) in [6.07, 6.45) is 8.51. The molecule has 176 valence electrons. The third-order valence-electron chi connectivity index (χ3n) is 7.89. The highest BCUT2D eigenvalue weighted by Gasteiger charge is 2.50. The van der Waals surface area contributed by atoms with Crippen molar-refractivity contribution in [2.24, 2.45) is 5.41 Å². The van der Waals surface area contributed by atoms with Gasteiger partial charge in [-0.25, -0.2) is 9.78 Å². The van der Waals surface area contributed by atoms with Crippen molar-refractivity contribution < 1.29 is 15.0 Å². The number of H-pyrrole nitrogens is 1. The third kappa shape index (κ3) is 4.02. The van der Waals surface area contributed by atoms with Gasteiger partial charge in [0.2, 0.25) is 0 Å². The van der Waals surface area contributed by atoms with Crippen LogP contribution in [0, 0.1) is 5.41 Å². The van der Waals surface area contributed by atoms with Crippen LogP contribution in [-0.4, -0.2) is 48.4 Å². The Morgan fingerprint density at radius 3 is 2.44 bits per heavy atom. The quantitative estimate of drug-likeness (QED) is 0.441. The minimum Gasteiger partial charge on any atom is -0.481 e. The topological polar surface area (TPSA) is 133 Å². The number of hydrogen-bond donors (Lipinski definition) is 4. The van der Waals surface area contributed by atoms with Crippen LogP contribution >= 0.6 is 0 Å². The smallest absolute Gasteiger partial charge is 0.351 e. The summed E-state index contributed by atoms with van der Waals surface area (Å²) in [6.45, 7) is 4.51. The fourth-order valence-electron chi connectivity index (χ4n) is 5.64. The highest BCUT2D eigenvalue weighted by Crippen LogP contribution is 2.59. The van der Waals surface area contributed by atoms with Crippen LogP contribution in [0.5, 0.6) is 0 Å². The molecule has 0 saturated heterocycles. The average molecular weight is 446 g/mol. The molecule has 0 aliphatic heterocycles. The highest BCUT2D eigenvalue weighted by atomic mass is 16.4. The van der Waals surface area contributed by atoms with Crippen LogP contribution in [0.25, 0.3) is 11.2 Å². The van der Waals surface area contributed by atoms with E-state index < -0.39 is 5.97 Å². The third-order valence-corrected chi connectivity index (χ3v) is 7.89. The second-order valence-corrected chi connectivity index (χ2v) is 9.78. The van der Waals surface area contributed by atoms with Crippen LogP contribution in [0.15, 0.2) is 4.79 Å². The second-order valence-electron chi connectivity index (χ2n) is 9.78. The molecule has 3 aliphatic rings. The molecule has 2 bridgehead atoms.